The zero-order valence-electron chi connectivity index (χ0n) is 24.5. The summed E-state index contributed by atoms with van der Waals surface area (Å²) in [5, 5.41) is 9.48. The van der Waals surface area contributed by atoms with Crippen LogP contribution in [0, 0.1) is 11.3 Å². The molecule has 13 heteroatoms. The molecular weight excluding hydrogens is 568 g/mol. The van der Waals surface area contributed by atoms with Crippen LogP contribution in [0.4, 0.5) is 23.4 Å². The fourth-order valence-corrected chi connectivity index (χ4v) is 6.09. The van der Waals surface area contributed by atoms with E-state index in [1.54, 1.807) is 6.07 Å². The second kappa shape index (κ2) is 12.2. The summed E-state index contributed by atoms with van der Waals surface area (Å²) in [5.74, 6) is -0.201. The number of halogens is 4. The van der Waals surface area contributed by atoms with Gasteiger partial charge in [0.1, 0.15) is 12.4 Å². The highest BCUT2D eigenvalue weighted by Crippen LogP contribution is 2.41. The molecule has 2 fully saturated rings. The number of hydrogen-bond acceptors (Lipinski definition) is 8. The van der Waals surface area contributed by atoms with Crippen molar-refractivity contribution in [1.82, 2.24) is 19.8 Å². The maximum atomic E-state index is 14.6. The Morgan fingerprint density at radius 2 is 1.91 bits per heavy atom. The summed E-state index contributed by atoms with van der Waals surface area (Å²) in [6.07, 6.45) is -3.33. The average Bonchev–Trinajstić information content (AvgIpc) is 3.38. The number of likely N-dealkylation sites (N-methyl/N-ethyl adjacent to an activating group) is 1. The monoisotopic (exact) mass is 604 g/mol. The first-order chi connectivity index (χ1) is 20.4. The molecule has 4 heterocycles. The number of benzene rings is 1. The average molecular weight is 605 g/mol. The van der Waals surface area contributed by atoms with E-state index < -0.39 is 35.5 Å². The molecule has 1 aromatic heterocycles. The van der Waals surface area contributed by atoms with Gasteiger partial charge in [-0.15, -0.1) is 0 Å². The van der Waals surface area contributed by atoms with Gasteiger partial charge in [0.05, 0.1) is 42.5 Å². The van der Waals surface area contributed by atoms with Gasteiger partial charge in [-0.05, 0) is 51.9 Å². The molecule has 43 heavy (non-hydrogen) atoms. The van der Waals surface area contributed by atoms with Crippen LogP contribution in [0.15, 0.2) is 24.3 Å². The van der Waals surface area contributed by atoms with E-state index in [1.807, 2.05) is 11.9 Å². The fourth-order valence-electron chi connectivity index (χ4n) is 6.09. The minimum absolute atomic E-state index is 0.00420. The zero-order chi connectivity index (χ0) is 30.9. The lowest BCUT2D eigenvalue weighted by atomic mass is 9.95. The number of alkyl halides is 4. The fraction of sp³-hybridized carbons (Fsp3) is 0.600. The van der Waals surface area contributed by atoms with Crippen molar-refractivity contribution in [2.75, 3.05) is 44.7 Å². The normalized spacial score (nSPS) is 23.2. The van der Waals surface area contributed by atoms with Crippen LogP contribution < -0.4 is 9.64 Å². The predicted molar refractivity (Wildman–Crippen MR) is 149 cm³/mol. The second-order valence-corrected chi connectivity index (χ2v) is 11.9. The number of piperazine rings is 1. The van der Waals surface area contributed by atoms with Crippen LogP contribution in [0.25, 0.3) is 0 Å². The number of rotatable bonds is 7. The summed E-state index contributed by atoms with van der Waals surface area (Å²) in [5.41, 5.74) is -1.67. The molecule has 1 amide bonds. The molecule has 0 bridgehead atoms. The molecule has 0 radical (unpaired) electrons. The first-order valence-electron chi connectivity index (χ1n) is 14.5. The van der Waals surface area contributed by atoms with Crippen molar-refractivity contribution in [3.05, 3.63) is 46.6 Å². The van der Waals surface area contributed by atoms with Crippen molar-refractivity contribution >= 4 is 11.7 Å². The van der Waals surface area contributed by atoms with E-state index in [9.17, 15) is 27.6 Å². The molecule has 9 nitrogen and oxygen atoms in total. The molecule has 232 valence electrons. The summed E-state index contributed by atoms with van der Waals surface area (Å²) < 4.78 is 68.1. The van der Waals surface area contributed by atoms with Crippen molar-refractivity contribution in [3.8, 4) is 12.1 Å². The molecule has 5 rings (SSSR count). The lowest BCUT2D eigenvalue weighted by molar-refractivity contribution is -0.144. The number of anilines is 1. The SMILES string of the molecule is CN1CCC[C@@H]1COc1nc2c(c(N3CCN(C(=O)C(C)(C)F)[C@@H](CC#N)C3)n1)CO[C@H](c1ccccc1C(F)(F)F)C2. The summed E-state index contributed by atoms with van der Waals surface area (Å²) in [7, 11) is 2.02. The van der Waals surface area contributed by atoms with E-state index >= 15 is 0 Å². The predicted octanol–water partition coefficient (Wildman–Crippen LogP) is 4.46. The van der Waals surface area contributed by atoms with E-state index in [2.05, 4.69) is 16.0 Å². The van der Waals surface area contributed by atoms with Gasteiger partial charge in [0.25, 0.3) is 5.91 Å². The van der Waals surface area contributed by atoms with Crippen LogP contribution in [-0.2, 0) is 28.7 Å². The Morgan fingerprint density at radius 3 is 2.58 bits per heavy atom. The lowest BCUT2D eigenvalue weighted by Crippen LogP contribution is -2.58. The molecule has 0 saturated carbocycles. The van der Waals surface area contributed by atoms with Crippen LogP contribution in [-0.4, -0.2) is 83.3 Å². The van der Waals surface area contributed by atoms with Crippen LogP contribution >= 0.6 is 0 Å². The van der Waals surface area contributed by atoms with E-state index in [1.165, 1.54) is 30.9 Å². The van der Waals surface area contributed by atoms with Crippen LogP contribution in [0.2, 0.25) is 0 Å². The number of amides is 1. The van der Waals surface area contributed by atoms with Gasteiger partial charge >= 0.3 is 12.2 Å². The van der Waals surface area contributed by atoms with Gasteiger partial charge in [-0.1, -0.05) is 18.2 Å². The third-order valence-electron chi connectivity index (χ3n) is 8.43. The number of fused-ring (bicyclic) bond motifs is 1. The van der Waals surface area contributed by atoms with Gasteiger partial charge in [0.2, 0.25) is 0 Å². The van der Waals surface area contributed by atoms with E-state index in [0.717, 1.165) is 25.5 Å². The lowest BCUT2D eigenvalue weighted by Gasteiger charge is -2.43. The van der Waals surface area contributed by atoms with Crippen molar-refractivity contribution in [2.24, 2.45) is 0 Å². The van der Waals surface area contributed by atoms with Crippen molar-refractivity contribution in [1.29, 1.82) is 5.26 Å². The summed E-state index contributed by atoms with van der Waals surface area (Å²) in [4.78, 5) is 27.7. The number of nitriles is 1. The molecule has 2 saturated heterocycles. The van der Waals surface area contributed by atoms with E-state index in [4.69, 9.17) is 14.5 Å². The molecule has 0 unspecified atom stereocenters. The summed E-state index contributed by atoms with van der Waals surface area (Å²) >= 11 is 0. The molecule has 0 N–H and O–H groups in total. The van der Waals surface area contributed by atoms with E-state index in [-0.39, 0.29) is 50.2 Å². The maximum absolute atomic E-state index is 14.6. The molecule has 3 aliphatic heterocycles. The smallest absolute Gasteiger partial charge is 0.416 e. The van der Waals surface area contributed by atoms with Crippen LogP contribution in [0.5, 0.6) is 6.01 Å². The minimum Gasteiger partial charge on any atom is -0.462 e. The Labute approximate surface area is 248 Å². The molecule has 1 aromatic carbocycles. The molecular formula is C30H36F4N6O3. The number of aromatic nitrogens is 2. The third-order valence-corrected chi connectivity index (χ3v) is 8.43. The zero-order valence-corrected chi connectivity index (χ0v) is 24.5. The second-order valence-electron chi connectivity index (χ2n) is 11.9. The van der Waals surface area contributed by atoms with Crippen LogP contribution in [0.1, 0.15) is 61.6 Å². The standard InChI is InChI=1S/C30H36F4N6O3/c1-29(2,31)27(41)40-14-13-39(16-19(40)10-11-35)26-22-18-42-25(21-8-4-5-9-23(21)30(32,33)34)15-24(22)36-28(37-26)43-17-20-7-6-12-38(20)3/h4-5,8-9,19-20,25H,6-7,10,12-18H2,1-3H3/t19-,20+,25-/m0/s1. The minimum atomic E-state index is -4.54. The molecule has 3 aliphatic rings. The molecule has 2 aromatic rings. The Kier molecular flexibility index (Phi) is 8.81. The van der Waals surface area contributed by atoms with E-state index in [0.29, 0.717) is 30.2 Å². The number of hydrogen-bond donors (Lipinski definition) is 0. The first-order valence-corrected chi connectivity index (χ1v) is 14.5. The topological polar surface area (TPSA) is 94.8 Å². The highest BCUT2D eigenvalue weighted by atomic mass is 19.4. The van der Waals surface area contributed by atoms with Gasteiger partial charge in [0, 0.05) is 37.7 Å². The highest BCUT2D eigenvalue weighted by Gasteiger charge is 2.41. The Bertz CT molecular complexity index is 1380. The number of ether oxygens (including phenoxy) is 2. The third kappa shape index (κ3) is 6.70. The van der Waals surface area contributed by atoms with Gasteiger partial charge in [-0.3, -0.25) is 4.79 Å². The summed E-state index contributed by atoms with van der Waals surface area (Å²) in [6, 6.07) is 7.18. The molecule has 0 aliphatic carbocycles. The number of nitrogens with zero attached hydrogens (tertiary/aromatic N) is 6. The summed E-state index contributed by atoms with van der Waals surface area (Å²) in [6.45, 7) is 4.36. The van der Waals surface area contributed by atoms with Gasteiger partial charge in [0.15, 0.2) is 5.67 Å². The van der Waals surface area contributed by atoms with Gasteiger partial charge in [-0.2, -0.15) is 28.4 Å². The van der Waals surface area contributed by atoms with Crippen molar-refractivity contribution in [3.63, 3.8) is 0 Å². The quantitative estimate of drug-likeness (QED) is 0.428. The Balaban J connectivity index is 1.47. The van der Waals surface area contributed by atoms with Crippen molar-refractivity contribution in [2.45, 2.75) is 76.2 Å². The number of likely N-dealkylation sites (tertiary alicyclic amines) is 1. The largest absolute Gasteiger partial charge is 0.462 e. The first kappa shape index (κ1) is 30.9. The van der Waals surface area contributed by atoms with Crippen LogP contribution in [0.3, 0.4) is 0 Å². The van der Waals surface area contributed by atoms with Crippen molar-refractivity contribution < 1.29 is 31.8 Å². The number of carbonyl (C=O) groups excluding carboxylic acids is 1. The van der Waals surface area contributed by atoms with Gasteiger partial charge < -0.3 is 24.2 Å². The highest BCUT2D eigenvalue weighted by molar-refractivity contribution is 5.84. The van der Waals surface area contributed by atoms with Gasteiger partial charge in [-0.25, -0.2) is 4.39 Å². The molecule has 3 atom stereocenters. The Morgan fingerprint density at radius 1 is 1.14 bits per heavy atom. The maximum Gasteiger partial charge on any atom is 0.416 e. The number of carbonyl (C=O) groups is 1. The molecule has 0 spiro atoms. The Hall–Kier alpha value is -3.50.